The molecule has 0 unspecified atom stereocenters. The largest absolute Gasteiger partial charge is 0.342 e. The zero-order valence-corrected chi connectivity index (χ0v) is 10.6. The fourth-order valence-corrected chi connectivity index (χ4v) is 2.11. The maximum atomic E-state index is 13.7. The van der Waals surface area contributed by atoms with Gasteiger partial charge in [0.15, 0.2) is 0 Å². The third-order valence-corrected chi connectivity index (χ3v) is 3.07. The molecule has 0 fully saturated rings. The van der Waals surface area contributed by atoms with Crippen LogP contribution in [0.5, 0.6) is 0 Å². The van der Waals surface area contributed by atoms with Gasteiger partial charge in [0.1, 0.15) is 11.6 Å². The molecule has 0 amide bonds. The first-order valence-corrected chi connectivity index (χ1v) is 6.00. The molecule has 4 heteroatoms. The summed E-state index contributed by atoms with van der Waals surface area (Å²) in [6.45, 7) is 0. The van der Waals surface area contributed by atoms with E-state index in [2.05, 4.69) is 0 Å². The zero-order valence-electron chi connectivity index (χ0n) is 9.83. The third-order valence-electron chi connectivity index (χ3n) is 2.80. The van der Waals surface area contributed by atoms with Crippen LogP contribution in [0.4, 0.5) is 20.2 Å². The van der Waals surface area contributed by atoms with Gasteiger partial charge in [0, 0.05) is 18.3 Å². The molecule has 0 saturated heterocycles. The Balaban J connectivity index is 2.50. The molecule has 2 aromatic carbocycles. The van der Waals surface area contributed by atoms with Gasteiger partial charge in [-0.3, -0.25) is 0 Å². The molecule has 2 rings (SSSR count). The topological polar surface area (TPSA) is 3.24 Å². The van der Waals surface area contributed by atoms with Crippen molar-refractivity contribution in [1.82, 2.24) is 0 Å². The van der Waals surface area contributed by atoms with E-state index in [1.807, 2.05) is 0 Å². The maximum Gasteiger partial charge on any atom is 0.146 e. The Morgan fingerprint density at radius 3 is 2.22 bits per heavy atom. The molecule has 2 aromatic rings. The maximum absolute atomic E-state index is 13.7. The summed E-state index contributed by atoms with van der Waals surface area (Å²) >= 11 is 5.75. The lowest BCUT2D eigenvalue weighted by Crippen LogP contribution is -2.13. The number of benzene rings is 2. The van der Waals surface area contributed by atoms with Crippen molar-refractivity contribution in [2.75, 3.05) is 11.9 Å². The first-order chi connectivity index (χ1) is 8.65. The lowest BCUT2D eigenvalue weighted by molar-refractivity contribution is 0.615. The summed E-state index contributed by atoms with van der Waals surface area (Å²) in [5.41, 5.74) is 1.31. The number of anilines is 2. The Bertz CT molecular complexity index is 557. The van der Waals surface area contributed by atoms with Gasteiger partial charge >= 0.3 is 0 Å². The summed E-state index contributed by atoms with van der Waals surface area (Å²) in [5.74, 6) is -0.698. The molecule has 0 bridgehead atoms. The molecular weight excluding hydrogens is 256 g/mol. The number of hydrogen-bond acceptors (Lipinski definition) is 1. The number of hydrogen-bond donors (Lipinski definition) is 0. The van der Waals surface area contributed by atoms with Crippen LogP contribution in [0, 0.1) is 11.6 Å². The predicted molar refractivity (Wildman–Crippen MR) is 70.4 cm³/mol. The van der Waals surface area contributed by atoms with E-state index in [9.17, 15) is 8.78 Å². The molecule has 0 heterocycles. The Hall–Kier alpha value is -1.61. The molecule has 94 valence electrons. The summed E-state index contributed by atoms with van der Waals surface area (Å²) in [7, 11) is 1.68. The fourth-order valence-electron chi connectivity index (χ4n) is 1.85. The van der Waals surface area contributed by atoms with Crippen LogP contribution < -0.4 is 4.90 Å². The second-order valence-corrected chi connectivity index (χ2v) is 4.15. The number of para-hydroxylation sites is 1. The van der Waals surface area contributed by atoms with Gasteiger partial charge in [0.25, 0.3) is 0 Å². The van der Waals surface area contributed by atoms with E-state index in [4.69, 9.17) is 11.6 Å². The van der Waals surface area contributed by atoms with Crippen molar-refractivity contribution >= 4 is 23.0 Å². The average Bonchev–Trinajstić information content (AvgIpc) is 2.38. The first kappa shape index (κ1) is 12.8. The smallest absolute Gasteiger partial charge is 0.146 e. The Labute approximate surface area is 110 Å². The van der Waals surface area contributed by atoms with Gasteiger partial charge in [0.2, 0.25) is 0 Å². The molecular formula is C14H12ClF2N. The van der Waals surface area contributed by atoms with Crippen molar-refractivity contribution < 1.29 is 8.78 Å². The van der Waals surface area contributed by atoms with Crippen molar-refractivity contribution in [3.05, 3.63) is 59.7 Å². The highest BCUT2D eigenvalue weighted by Gasteiger charge is 2.14. The van der Waals surface area contributed by atoms with Gasteiger partial charge in [-0.2, -0.15) is 0 Å². The summed E-state index contributed by atoms with van der Waals surface area (Å²) in [5, 5.41) is 0. The highest BCUT2D eigenvalue weighted by Crippen LogP contribution is 2.31. The molecule has 0 aliphatic carbocycles. The van der Waals surface area contributed by atoms with Gasteiger partial charge in [-0.25, -0.2) is 8.78 Å². The Kier molecular flexibility index (Phi) is 3.82. The van der Waals surface area contributed by atoms with E-state index >= 15 is 0 Å². The summed E-state index contributed by atoms with van der Waals surface area (Å²) in [6.07, 6.45) is 0. The Morgan fingerprint density at radius 2 is 1.56 bits per heavy atom. The zero-order chi connectivity index (χ0) is 13.1. The van der Waals surface area contributed by atoms with E-state index in [0.29, 0.717) is 16.9 Å². The second kappa shape index (κ2) is 5.36. The SMILES string of the molecule is CN(c1ccccc1F)c1cccc(F)c1CCl. The van der Waals surface area contributed by atoms with Gasteiger partial charge in [-0.1, -0.05) is 18.2 Å². The van der Waals surface area contributed by atoms with Crippen LogP contribution in [0.1, 0.15) is 5.56 Å². The van der Waals surface area contributed by atoms with Crippen molar-refractivity contribution in [3.63, 3.8) is 0 Å². The minimum atomic E-state index is -0.384. The fraction of sp³-hybridized carbons (Fsp3) is 0.143. The molecule has 0 N–H and O–H groups in total. The van der Waals surface area contributed by atoms with Crippen molar-refractivity contribution in [1.29, 1.82) is 0 Å². The van der Waals surface area contributed by atoms with E-state index in [1.165, 1.54) is 12.1 Å². The minimum absolute atomic E-state index is 0.0425. The van der Waals surface area contributed by atoms with Gasteiger partial charge < -0.3 is 4.90 Å². The quantitative estimate of drug-likeness (QED) is 0.742. The Morgan fingerprint density at radius 1 is 0.944 bits per heavy atom. The third kappa shape index (κ3) is 2.31. The lowest BCUT2D eigenvalue weighted by atomic mass is 10.1. The minimum Gasteiger partial charge on any atom is -0.342 e. The molecule has 1 nitrogen and oxygen atoms in total. The van der Waals surface area contributed by atoms with Crippen molar-refractivity contribution in [2.24, 2.45) is 0 Å². The molecule has 0 saturated carbocycles. The van der Waals surface area contributed by atoms with Crippen LogP contribution in [0.2, 0.25) is 0 Å². The number of alkyl halides is 1. The van der Waals surface area contributed by atoms with Crippen LogP contribution >= 0.6 is 11.6 Å². The highest BCUT2D eigenvalue weighted by molar-refractivity contribution is 6.17. The predicted octanol–water partition coefficient (Wildman–Crippen LogP) is 4.47. The van der Waals surface area contributed by atoms with Crippen molar-refractivity contribution in [3.8, 4) is 0 Å². The van der Waals surface area contributed by atoms with E-state index < -0.39 is 0 Å². The second-order valence-electron chi connectivity index (χ2n) is 3.88. The molecule has 18 heavy (non-hydrogen) atoms. The molecule has 0 radical (unpaired) electrons. The first-order valence-electron chi connectivity index (χ1n) is 5.46. The van der Waals surface area contributed by atoms with Crippen LogP contribution in [0.15, 0.2) is 42.5 Å². The van der Waals surface area contributed by atoms with E-state index in [1.54, 1.807) is 42.3 Å². The number of rotatable bonds is 3. The van der Waals surface area contributed by atoms with Crippen LogP contribution in [-0.2, 0) is 5.88 Å². The lowest BCUT2D eigenvalue weighted by Gasteiger charge is -2.22. The van der Waals surface area contributed by atoms with Crippen LogP contribution in [0.3, 0.4) is 0 Å². The normalized spacial score (nSPS) is 10.4. The van der Waals surface area contributed by atoms with Crippen molar-refractivity contribution in [2.45, 2.75) is 5.88 Å². The average molecular weight is 268 g/mol. The van der Waals surface area contributed by atoms with Gasteiger partial charge in [-0.15, -0.1) is 11.6 Å². The molecule has 0 aromatic heterocycles. The highest BCUT2D eigenvalue weighted by atomic mass is 35.5. The molecule has 0 aliphatic rings. The number of nitrogens with zero attached hydrogens (tertiary/aromatic N) is 1. The standard InChI is InChI=1S/C14H12ClF2N/c1-18(14-7-3-2-5-12(14)17)13-8-4-6-11(16)10(13)9-15/h2-8H,9H2,1H3. The summed E-state index contributed by atoms with van der Waals surface area (Å²) in [6, 6.07) is 11.0. The van der Waals surface area contributed by atoms with Crippen LogP contribution in [0.25, 0.3) is 0 Å². The van der Waals surface area contributed by atoms with E-state index in [-0.39, 0.29) is 17.5 Å². The molecule has 0 atom stereocenters. The molecule has 0 aliphatic heterocycles. The van der Waals surface area contributed by atoms with Gasteiger partial charge in [-0.05, 0) is 24.3 Å². The van der Waals surface area contributed by atoms with Gasteiger partial charge in [0.05, 0.1) is 11.6 Å². The van der Waals surface area contributed by atoms with E-state index in [0.717, 1.165) is 0 Å². The number of halogens is 3. The summed E-state index contributed by atoms with van der Waals surface area (Å²) < 4.78 is 27.3. The monoisotopic (exact) mass is 267 g/mol. The molecule has 0 spiro atoms. The summed E-state index contributed by atoms with van der Waals surface area (Å²) in [4.78, 5) is 1.59. The van der Waals surface area contributed by atoms with Crippen LogP contribution in [-0.4, -0.2) is 7.05 Å².